The van der Waals surface area contributed by atoms with Gasteiger partial charge in [0.15, 0.2) is 0 Å². The van der Waals surface area contributed by atoms with Gasteiger partial charge in [-0.3, -0.25) is 4.98 Å². The first-order valence-corrected chi connectivity index (χ1v) is 8.08. The Balaban J connectivity index is 1.96. The van der Waals surface area contributed by atoms with Gasteiger partial charge >= 0.3 is 0 Å². The van der Waals surface area contributed by atoms with E-state index < -0.39 is 0 Å². The van der Waals surface area contributed by atoms with Crippen molar-refractivity contribution in [1.29, 1.82) is 0 Å². The highest BCUT2D eigenvalue weighted by molar-refractivity contribution is 5.85. The van der Waals surface area contributed by atoms with Gasteiger partial charge in [0.1, 0.15) is 0 Å². The van der Waals surface area contributed by atoms with E-state index in [4.69, 9.17) is 4.74 Å². The third-order valence-electron chi connectivity index (χ3n) is 4.24. The molecule has 3 nitrogen and oxygen atoms in total. The zero-order chi connectivity index (χ0) is 14.5. The van der Waals surface area contributed by atoms with E-state index in [0.29, 0.717) is 0 Å². The van der Waals surface area contributed by atoms with E-state index in [9.17, 15) is 0 Å². The molecule has 0 aliphatic carbocycles. The third-order valence-corrected chi connectivity index (χ3v) is 4.24. The van der Waals surface area contributed by atoms with Crippen molar-refractivity contribution in [3.8, 4) is 0 Å². The highest BCUT2D eigenvalue weighted by atomic mass is 16.5. The molecule has 0 spiro atoms. The first kappa shape index (κ1) is 14.5. The maximum atomic E-state index is 6.05. The number of fused-ring (bicyclic) bond motifs is 1. The van der Waals surface area contributed by atoms with Crippen LogP contribution in [0.25, 0.3) is 10.8 Å². The predicted molar refractivity (Wildman–Crippen MR) is 86.4 cm³/mol. The minimum absolute atomic E-state index is 0.240. The van der Waals surface area contributed by atoms with E-state index in [2.05, 4.69) is 41.5 Å². The molecule has 0 bridgehead atoms. The van der Waals surface area contributed by atoms with Crippen LogP contribution in [0.2, 0.25) is 0 Å². The summed E-state index contributed by atoms with van der Waals surface area (Å²) in [4.78, 5) is 4.44. The summed E-state index contributed by atoms with van der Waals surface area (Å²) in [6, 6.07) is 8.73. The number of hydrogen-bond acceptors (Lipinski definition) is 3. The van der Waals surface area contributed by atoms with Gasteiger partial charge in [-0.1, -0.05) is 31.2 Å². The molecule has 3 heteroatoms. The Bertz CT molecular complexity index is 573. The highest BCUT2D eigenvalue weighted by Crippen LogP contribution is 2.30. The zero-order valence-corrected chi connectivity index (χ0v) is 12.7. The molecule has 0 radical (unpaired) electrons. The quantitative estimate of drug-likeness (QED) is 0.905. The number of benzene rings is 1. The average Bonchev–Trinajstić information content (AvgIpc) is 2.56. The molecule has 1 saturated heterocycles. The van der Waals surface area contributed by atoms with Crippen molar-refractivity contribution in [1.82, 2.24) is 10.3 Å². The van der Waals surface area contributed by atoms with Crippen LogP contribution in [-0.2, 0) is 4.74 Å². The zero-order valence-electron chi connectivity index (χ0n) is 12.7. The van der Waals surface area contributed by atoms with Gasteiger partial charge in [-0.15, -0.1) is 0 Å². The maximum absolute atomic E-state index is 6.05. The molecule has 1 fully saturated rings. The number of hydrogen-bond donors (Lipinski definition) is 1. The number of nitrogens with zero attached hydrogens (tertiary/aromatic N) is 1. The fourth-order valence-corrected chi connectivity index (χ4v) is 3.16. The van der Waals surface area contributed by atoms with Crippen LogP contribution in [0.5, 0.6) is 0 Å². The molecule has 3 rings (SSSR count). The standard InChI is InChI=1S/C18H24N2O/c1-2-10-20-18(17-9-5-6-11-21-17)16-13-19-12-14-7-3-4-8-15(14)16/h3-4,7-8,12-13,17-18,20H,2,5-6,9-11H2,1H3. The number of aromatic nitrogens is 1. The lowest BCUT2D eigenvalue weighted by molar-refractivity contribution is -0.00791. The summed E-state index contributed by atoms with van der Waals surface area (Å²) in [5.74, 6) is 0. The molecule has 1 N–H and O–H groups in total. The Morgan fingerprint density at radius 2 is 2.19 bits per heavy atom. The predicted octanol–water partition coefficient (Wildman–Crippen LogP) is 3.84. The third kappa shape index (κ3) is 3.25. The molecular formula is C18H24N2O. The largest absolute Gasteiger partial charge is 0.376 e. The Morgan fingerprint density at radius 3 is 3.00 bits per heavy atom. The second kappa shape index (κ2) is 7.01. The molecule has 0 amide bonds. The van der Waals surface area contributed by atoms with Crippen molar-refractivity contribution in [2.24, 2.45) is 0 Å². The SMILES string of the molecule is CCCNC(c1cncc2ccccc12)C1CCCCO1. The highest BCUT2D eigenvalue weighted by Gasteiger charge is 2.26. The van der Waals surface area contributed by atoms with Gasteiger partial charge in [-0.2, -0.15) is 0 Å². The molecule has 1 aromatic heterocycles. The summed E-state index contributed by atoms with van der Waals surface area (Å²) < 4.78 is 6.05. The van der Waals surface area contributed by atoms with Crippen LogP contribution in [0.4, 0.5) is 0 Å². The van der Waals surface area contributed by atoms with Gasteiger partial charge in [-0.25, -0.2) is 0 Å². The lowest BCUT2D eigenvalue weighted by Gasteiger charge is -2.32. The molecule has 2 atom stereocenters. The van der Waals surface area contributed by atoms with Crippen molar-refractivity contribution in [3.63, 3.8) is 0 Å². The van der Waals surface area contributed by atoms with Crippen molar-refractivity contribution in [2.45, 2.75) is 44.8 Å². The van der Waals surface area contributed by atoms with Crippen molar-refractivity contribution < 1.29 is 4.74 Å². The fraction of sp³-hybridized carbons (Fsp3) is 0.500. The maximum Gasteiger partial charge on any atom is 0.0770 e. The van der Waals surface area contributed by atoms with Crippen LogP contribution >= 0.6 is 0 Å². The lowest BCUT2D eigenvalue weighted by atomic mass is 9.93. The van der Waals surface area contributed by atoms with Crippen LogP contribution in [0, 0.1) is 0 Å². The first-order chi connectivity index (χ1) is 10.4. The summed E-state index contributed by atoms with van der Waals surface area (Å²) >= 11 is 0. The van der Waals surface area contributed by atoms with Crippen LogP contribution in [-0.4, -0.2) is 24.2 Å². The number of pyridine rings is 1. The van der Waals surface area contributed by atoms with E-state index >= 15 is 0 Å². The van der Waals surface area contributed by atoms with Crippen molar-refractivity contribution in [2.75, 3.05) is 13.2 Å². The van der Waals surface area contributed by atoms with Gasteiger partial charge in [0, 0.05) is 24.4 Å². The smallest absolute Gasteiger partial charge is 0.0770 e. The molecule has 112 valence electrons. The summed E-state index contributed by atoms with van der Waals surface area (Å²) in [7, 11) is 0. The molecule has 2 heterocycles. The van der Waals surface area contributed by atoms with E-state index in [1.54, 1.807) is 0 Å². The van der Waals surface area contributed by atoms with Crippen molar-refractivity contribution in [3.05, 3.63) is 42.2 Å². The molecule has 2 aromatic rings. The second-order valence-corrected chi connectivity index (χ2v) is 5.79. The van der Waals surface area contributed by atoms with Crippen LogP contribution in [0.15, 0.2) is 36.7 Å². The van der Waals surface area contributed by atoms with Crippen molar-refractivity contribution >= 4 is 10.8 Å². The van der Waals surface area contributed by atoms with E-state index in [1.165, 1.54) is 29.2 Å². The van der Waals surface area contributed by atoms with Gasteiger partial charge in [0.2, 0.25) is 0 Å². The summed E-state index contributed by atoms with van der Waals surface area (Å²) in [6.45, 7) is 4.09. The number of ether oxygens (including phenoxy) is 1. The van der Waals surface area contributed by atoms with Crippen LogP contribution in [0.3, 0.4) is 0 Å². The second-order valence-electron chi connectivity index (χ2n) is 5.79. The fourth-order valence-electron chi connectivity index (χ4n) is 3.16. The molecule has 0 saturated carbocycles. The Morgan fingerprint density at radius 1 is 1.29 bits per heavy atom. The van der Waals surface area contributed by atoms with E-state index in [1.807, 2.05) is 12.4 Å². The molecule has 2 unspecified atom stereocenters. The molecule has 1 aliphatic heterocycles. The number of rotatable bonds is 5. The average molecular weight is 284 g/mol. The summed E-state index contributed by atoms with van der Waals surface area (Å²) in [5.41, 5.74) is 1.27. The monoisotopic (exact) mass is 284 g/mol. The lowest BCUT2D eigenvalue weighted by Crippen LogP contribution is -2.36. The van der Waals surface area contributed by atoms with Gasteiger partial charge < -0.3 is 10.1 Å². The minimum Gasteiger partial charge on any atom is -0.376 e. The normalized spacial score (nSPS) is 20.5. The summed E-state index contributed by atoms with van der Waals surface area (Å²) in [6.07, 6.45) is 8.91. The minimum atomic E-state index is 0.240. The number of nitrogens with one attached hydrogen (secondary N) is 1. The first-order valence-electron chi connectivity index (χ1n) is 8.08. The van der Waals surface area contributed by atoms with E-state index in [-0.39, 0.29) is 12.1 Å². The summed E-state index contributed by atoms with van der Waals surface area (Å²) in [5, 5.41) is 6.17. The van der Waals surface area contributed by atoms with E-state index in [0.717, 1.165) is 26.0 Å². The molecule has 1 aromatic carbocycles. The van der Waals surface area contributed by atoms with Crippen LogP contribution < -0.4 is 5.32 Å². The molecule has 21 heavy (non-hydrogen) atoms. The Kier molecular flexibility index (Phi) is 4.84. The Labute approximate surface area is 126 Å². The molecular weight excluding hydrogens is 260 g/mol. The molecule has 1 aliphatic rings. The van der Waals surface area contributed by atoms with Crippen LogP contribution in [0.1, 0.15) is 44.2 Å². The topological polar surface area (TPSA) is 34.2 Å². The van der Waals surface area contributed by atoms with Gasteiger partial charge in [0.05, 0.1) is 12.1 Å². The van der Waals surface area contributed by atoms with Gasteiger partial charge in [0.25, 0.3) is 0 Å². The van der Waals surface area contributed by atoms with Gasteiger partial charge in [-0.05, 0) is 43.2 Å². The Hall–Kier alpha value is -1.45.